The van der Waals surface area contributed by atoms with Gasteiger partial charge in [-0.2, -0.15) is 0 Å². The van der Waals surface area contributed by atoms with Crippen molar-refractivity contribution in [2.24, 2.45) is 0 Å². The second-order valence-electron chi connectivity index (χ2n) is 6.29. The van der Waals surface area contributed by atoms with Crippen LogP contribution in [0.25, 0.3) is 0 Å². The SMILES string of the molecule is CCCCC(=O)NCC[N+](C)(C)CCNC(=O)CCCC.[Br-]. The van der Waals surface area contributed by atoms with Crippen LogP contribution in [0.3, 0.4) is 0 Å². The minimum atomic E-state index is 0. The Morgan fingerprint density at radius 3 is 1.50 bits per heavy atom. The molecule has 132 valence electrons. The van der Waals surface area contributed by atoms with E-state index < -0.39 is 0 Å². The van der Waals surface area contributed by atoms with Crippen molar-refractivity contribution < 1.29 is 31.1 Å². The molecule has 0 fully saturated rings. The molecule has 0 aliphatic carbocycles. The molecule has 0 aliphatic heterocycles. The summed E-state index contributed by atoms with van der Waals surface area (Å²) in [5, 5.41) is 5.92. The van der Waals surface area contributed by atoms with E-state index in [0.717, 1.165) is 43.3 Å². The molecule has 0 aromatic rings. The minimum Gasteiger partial charge on any atom is -1.00 e. The maximum Gasteiger partial charge on any atom is 0.220 e. The van der Waals surface area contributed by atoms with E-state index in [2.05, 4.69) is 38.6 Å². The number of halogens is 1. The monoisotopic (exact) mass is 379 g/mol. The summed E-state index contributed by atoms with van der Waals surface area (Å²) in [6.45, 7) is 7.31. The van der Waals surface area contributed by atoms with E-state index in [0.29, 0.717) is 25.9 Å². The lowest BCUT2D eigenvalue weighted by Crippen LogP contribution is -3.00. The summed E-state index contributed by atoms with van der Waals surface area (Å²) in [4.78, 5) is 23.0. The molecule has 6 heteroatoms. The van der Waals surface area contributed by atoms with Gasteiger partial charge in [-0.1, -0.05) is 26.7 Å². The fourth-order valence-electron chi connectivity index (χ4n) is 1.96. The standard InChI is InChI=1S/C16H33N3O2.BrH/c1-5-7-9-15(20)17-11-13-19(3,4)14-12-18-16(21)10-8-6-2;/h5-14H2,1-4H3,(H-,17,18,20,21);1H. The van der Waals surface area contributed by atoms with Gasteiger partial charge in [0.2, 0.25) is 11.8 Å². The lowest BCUT2D eigenvalue weighted by Gasteiger charge is -2.30. The molecule has 0 aromatic carbocycles. The van der Waals surface area contributed by atoms with Gasteiger partial charge in [-0.3, -0.25) is 9.59 Å². The maximum absolute atomic E-state index is 11.5. The van der Waals surface area contributed by atoms with Crippen molar-refractivity contribution in [3.05, 3.63) is 0 Å². The zero-order chi connectivity index (χ0) is 16.1. The van der Waals surface area contributed by atoms with Gasteiger partial charge in [-0.05, 0) is 12.8 Å². The van der Waals surface area contributed by atoms with Crippen LogP contribution in [0.2, 0.25) is 0 Å². The first kappa shape index (κ1) is 23.6. The average Bonchev–Trinajstić information content (AvgIpc) is 2.42. The van der Waals surface area contributed by atoms with Crippen LogP contribution in [-0.4, -0.2) is 56.6 Å². The van der Waals surface area contributed by atoms with Gasteiger partial charge in [0.05, 0.1) is 40.3 Å². The van der Waals surface area contributed by atoms with Gasteiger partial charge in [-0.25, -0.2) is 0 Å². The number of unbranched alkanes of at least 4 members (excludes halogenated alkanes) is 2. The first-order valence-corrected chi connectivity index (χ1v) is 8.26. The molecule has 0 unspecified atom stereocenters. The predicted molar refractivity (Wildman–Crippen MR) is 86.9 cm³/mol. The number of carbonyl (C=O) groups excluding carboxylic acids is 2. The molecule has 0 saturated heterocycles. The average molecular weight is 380 g/mol. The van der Waals surface area contributed by atoms with Crippen molar-refractivity contribution in [2.75, 3.05) is 40.3 Å². The minimum absolute atomic E-state index is 0. The smallest absolute Gasteiger partial charge is 0.220 e. The third-order valence-electron chi connectivity index (χ3n) is 3.59. The van der Waals surface area contributed by atoms with E-state index in [-0.39, 0.29) is 28.8 Å². The largest absolute Gasteiger partial charge is 1.00 e. The van der Waals surface area contributed by atoms with Gasteiger partial charge in [0.15, 0.2) is 0 Å². The van der Waals surface area contributed by atoms with Crippen molar-refractivity contribution >= 4 is 11.8 Å². The van der Waals surface area contributed by atoms with E-state index in [1.54, 1.807) is 0 Å². The van der Waals surface area contributed by atoms with E-state index in [1.165, 1.54) is 0 Å². The Bertz CT molecular complexity index is 282. The summed E-state index contributed by atoms with van der Waals surface area (Å²) >= 11 is 0. The quantitative estimate of drug-likeness (QED) is 0.413. The van der Waals surface area contributed by atoms with Crippen molar-refractivity contribution in [2.45, 2.75) is 52.4 Å². The Balaban J connectivity index is 0. The van der Waals surface area contributed by atoms with E-state index in [9.17, 15) is 9.59 Å². The number of carbonyl (C=O) groups is 2. The highest BCUT2D eigenvalue weighted by atomic mass is 79.9. The molecule has 0 bridgehead atoms. The summed E-state index contributed by atoms with van der Waals surface area (Å²) in [6, 6.07) is 0. The highest BCUT2D eigenvalue weighted by molar-refractivity contribution is 5.76. The molecule has 0 heterocycles. The molecular formula is C16H34BrN3O2. The second kappa shape index (κ2) is 14.0. The van der Waals surface area contributed by atoms with E-state index in [4.69, 9.17) is 0 Å². The molecule has 0 rings (SSSR count). The van der Waals surface area contributed by atoms with Crippen LogP contribution in [0.5, 0.6) is 0 Å². The molecule has 0 radical (unpaired) electrons. The highest BCUT2D eigenvalue weighted by Gasteiger charge is 2.15. The topological polar surface area (TPSA) is 58.2 Å². The number of nitrogens with zero attached hydrogens (tertiary/aromatic N) is 1. The Kier molecular flexibility index (Phi) is 15.0. The molecule has 22 heavy (non-hydrogen) atoms. The van der Waals surface area contributed by atoms with E-state index in [1.807, 2.05) is 0 Å². The molecule has 0 aromatic heterocycles. The summed E-state index contributed by atoms with van der Waals surface area (Å²) in [5.74, 6) is 0.287. The summed E-state index contributed by atoms with van der Waals surface area (Å²) in [6.07, 6.45) is 5.25. The van der Waals surface area contributed by atoms with Gasteiger partial charge in [0, 0.05) is 12.8 Å². The number of hydrogen-bond donors (Lipinski definition) is 2. The van der Waals surface area contributed by atoms with Crippen LogP contribution in [0.15, 0.2) is 0 Å². The zero-order valence-electron chi connectivity index (χ0n) is 14.7. The molecule has 5 nitrogen and oxygen atoms in total. The normalized spacial score (nSPS) is 10.7. The molecule has 0 saturated carbocycles. The highest BCUT2D eigenvalue weighted by Crippen LogP contribution is 1.97. The Labute approximate surface area is 146 Å². The number of quaternary nitrogens is 1. The lowest BCUT2D eigenvalue weighted by atomic mass is 10.2. The lowest BCUT2D eigenvalue weighted by molar-refractivity contribution is -0.887. The summed E-state index contributed by atoms with van der Waals surface area (Å²) in [5.41, 5.74) is 0. The first-order valence-electron chi connectivity index (χ1n) is 8.26. The van der Waals surface area contributed by atoms with Crippen molar-refractivity contribution in [3.8, 4) is 0 Å². The number of nitrogens with one attached hydrogen (secondary N) is 2. The van der Waals surface area contributed by atoms with Crippen LogP contribution >= 0.6 is 0 Å². The third kappa shape index (κ3) is 14.3. The van der Waals surface area contributed by atoms with E-state index >= 15 is 0 Å². The molecule has 0 atom stereocenters. The summed E-state index contributed by atoms with van der Waals surface area (Å²) < 4.78 is 0.794. The Morgan fingerprint density at radius 2 is 1.18 bits per heavy atom. The van der Waals surface area contributed by atoms with Gasteiger partial charge >= 0.3 is 0 Å². The fourth-order valence-corrected chi connectivity index (χ4v) is 1.96. The fraction of sp³-hybridized carbons (Fsp3) is 0.875. The number of likely N-dealkylation sites (N-methyl/N-ethyl adjacent to an activating group) is 1. The van der Waals surface area contributed by atoms with Crippen molar-refractivity contribution in [1.82, 2.24) is 10.6 Å². The second-order valence-corrected chi connectivity index (χ2v) is 6.29. The predicted octanol–water partition coefficient (Wildman–Crippen LogP) is -1.32. The van der Waals surface area contributed by atoms with Crippen LogP contribution in [0.4, 0.5) is 0 Å². The zero-order valence-corrected chi connectivity index (χ0v) is 16.3. The van der Waals surface area contributed by atoms with Gasteiger partial charge in [0.1, 0.15) is 0 Å². The number of hydrogen-bond acceptors (Lipinski definition) is 2. The van der Waals surface area contributed by atoms with Crippen LogP contribution in [0.1, 0.15) is 52.4 Å². The van der Waals surface area contributed by atoms with Crippen LogP contribution in [-0.2, 0) is 9.59 Å². The molecule has 2 N–H and O–H groups in total. The molecule has 0 aliphatic rings. The van der Waals surface area contributed by atoms with Gasteiger partial charge in [-0.15, -0.1) is 0 Å². The number of rotatable bonds is 12. The van der Waals surface area contributed by atoms with Crippen LogP contribution < -0.4 is 27.6 Å². The van der Waals surface area contributed by atoms with Crippen molar-refractivity contribution in [1.29, 1.82) is 0 Å². The third-order valence-corrected chi connectivity index (χ3v) is 3.59. The Hall–Kier alpha value is -0.620. The molecular weight excluding hydrogens is 346 g/mol. The summed E-state index contributed by atoms with van der Waals surface area (Å²) in [7, 11) is 4.24. The molecule has 2 amide bonds. The van der Waals surface area contributed by atoms with Gasteiger partial charge < -0.3 is 32.1 Å². The van der Waals surface area contributed by atoms with Gasteiger partial charge in [0.25, 0.3) is 0 Å². The molecule has 0 spiro atoms. The first-order chi connectivity index (χ1) is 9.91. The van der Waals surface area contributed by atoms with Crippen LogP contribution in [0, 0.1) is 0 Å². The Morgan fingerprint density at radius 1 is 0.818 bits per heavy atom. The maximum atomic E-state index is 11.5. The number of amides is 2. The van der Waals surface area contributed by atoms with Crippen molar-refractivity contribution in [3.63, 3.8) is 0 Å².